The van der Waals surface area contributed by atoms with E-state index in [1.165, 1.54) is 0 Å². The lowest BCUT2D eigenvalue weighted by Crippen LogP contribution is -2.42. The molecule has 1 rings (SSSR count). The summed E-state index contributed by atoms with van der Waals surface area (Å²) in [5.41, 5.74) is 0.557. The minimum Gasteiger partial charge on any atom is -0.444 e. The van der Waals surface area contributed by atoms with Crippen molar-refractivity contribution < 1.29 is 13.7 Å². The normalized spacial score (nSPS) is 12.5. The van der Waals surface area contributed by atoms with Crippen molar-refractivity contribution in [3.8, 4) is 0 Å². The summed E-state index contributed by atoms with van der Waals surface area (Å²) in [4.78, 5) is 16.0. The predicted octanol–water partition coefficient (Wildman–Crippen LogP) is 2.63. The van der Waals surface area contributed by atoms with Gasteiger partial charge in [0.25, 0.3) is 0 Å². The maximum atomic E-state index is 12.1. The molecule has 1 unspecified atom stereocenters. The first-order valence-electron chi connectivity index (χ1n) is 9.18. The molecule has 1 amide bonds. The largest absolute Gasteiger partial charge is 0.444 e. The molecule has 1 aromatic carbocycles. The van der Waals surface area contributed by atoms with Gasteiger partial charge < -0.3 is 20.7 Å². The molecular formula is C19H33IN4O3S. The second-order valence-electron chi connectivity index (χ2n) is 6.89. The highest BCUT2D eigenvalue weighted by molar-refractivity contribution is 14.0. The number of aliphatic imine (C=N–C) groups is 1. The Labute approximate surface area is 188 Å². The molecule has 0 saturated heterocycles. The molecule has 9 heteroatoms. The van der Waals surface area contributed by atoms with Crippen LogP contribution in [0.1, 0.15) is 33.3 Å². The van der Waals surface area contributed by atoms with Crippen molar-refractivity contribution in [2.75, 3.05) is 31.9 Å². The molecule has 7 nitrogen and oxygen atoms in total. The highest BCUT2D eigenvalue weighted by Crippen LogP contribution is 2.06. The number of hydrogen-bond acceptors (Lipinski definition) is 4. The number of ether oxygens (including phenoxy) is 1. The summed E-state index contributed by atoms with van der Waals surface area (Å²) in [6.07, 6.45) is -0.442. The minimum atomic E-state index is -0.951. The topological polar surface area (TPSA) is 91.8 Å². The Morgan fingerprint density at radius 2 is 1.75 bits per heavy atom. The zero-order valence-corrected chi connectivity index (χ0v) is 20.3. The summed E-state index contributed by atoms with van der Waals surface area (Å²) in [7, 11) is -0.951. The van der Waals surface area contributed by atoms with Gasteiger partial charge in [-0.15, -0.1) is 24.0 Å². The number of hydrogen-bond donors (Lipinski definition) is 3. The van der Waals surface area contributed by atoms with Gasteiger partial charge in [-0.25, -0.2) is 4.79 Å². The number of guanidine groups is 1. The molecule has 28 heavy (non-hydrogen) atoms. The number of halogens is 1. The van der Waals surface area contributed by atoms with Crippen molar-refractivity contribution in [3.05, 3.63) is 35.9 Å². The van der Waals surface area contributed by atoms with E-state index < -0.39 is 22.5 Å². The number of nitrogens with zero attached hydrogens (tertiary/aromatic N) is 1. The number of alkyl carbamates (subject to hydrolysis) is 1. The fourth-order valence-corrected chi connectivity index (χ4v) is 3.10. The standard InChI is InChI=1S/C19H32N4O3S.HI/c1-5-20-17(21-11-12-23-18(24)26-19(2,3)4)22-13-14-27(25)15-16-9-7-6-8-10-16;/h6-10H,5,11-15H2,1-4H3,(H,23,24)(H2,20,21,22);1H. The molecule has 0 fully saturated rings. The molecule has 1 atom stereocenters. The van der Waals surface area contributed by atoms with Gasteiger partial charge in [0, 0.05) is 41.9 Å². The summed E-state index contributed by atoms with van der Waals surface area (Å²) < 4.78 is 17.3. The van der Waals surface area contributed by atoms with Crippen LogP contribution in [-0.2, 0) is 21.3 Å². The van der Waals surface area contributed by atoms with Crippen LogP contribution in [0.25, 0.3) is 0 Å². The van der Waals surface area contributed by atoms with E-state index in [1.54, 1.807) is 0 Å². The molecule has 0 aromatic heterocycles. The zero-order chi connectivity index (χ0) is 20.1. The van der Waals surface area contributed by atoms with Crippen molar-refractivity contribution in [1.29, 1.82) is 0 Å². The van der Waals surface area contributed by atoms with Crippen LogP contribution in [0.3, 0.4) is 0 Å². The maximum absolute atomic E-state index is 12.1. The third kappa shape index (κ3) is 13.8. The molecule has 0 spiro atoms. The average Bonchev–Trinajstić information content (AvgIpc) is 2.58. The van der Waals surface area contributed by atoms with E-state index in [1.807, 2.05) is 58.0 Å². The van der Waals surface area contributed by atoms with Crippen LogP contribution in [0.15, 0.2) is 35.3 Å². The third-order valence-corrected chi connectivity index (χ3v) is 4.48. The van der Waals surface area contributed by atoms with Crippen molar-refractivity contribution >= 4 is 46.8 Å². The molecule has 160 valence electrons. The van der Waals surface area contributed by atoms with Crippen molar-refractivity contribution in [3.63, 3.8) is 0 Å². The Kier molecular flexibility index (Phi) is 13.9. The van der Waals surface area contributed by atoms with Gasteiger partial charge >= 0.3 is 6.09 Å². The van der Waals surface area contributed by atoms with Crippen LogP contribution in [0, 0.1) is 0 Å². The number of carbonyl (C=O) groups is 1. The molecule has 0 radical (unpaired) electrons. The maximum Gasteiger partial charge on any atom is 0.407 e. The van der Waals surface area contributed by atoms with E-state index in [9.17, 15) is 9.00 Å². The van der Waals surface area contributed by atoms with Crippen LogP contribution in [0.4, 0.5) is 4.79 Å². The van der Waals surface area contributed by atoms with Gasteiger partial charge in [-0.05, 0) is 33.3 Å². The third-order valence-electron chi connectivity index (χ3n) is 3.19. The van der Waals surface area contributed by atoms with Crippen molar-refractivity contribution in [1.82, 2.24) is 16.0 Å². The molecular weight excluding hydrogens is 491 g/mol. The average molecular weight is 524 g/mol. The predicted molar refractivity (Wildman–Crippen MR) is 127 cm³/mol. The first-order chi connectivity index (χ1) is 12.8. The Bertz CT molecular complexity index is 621. The Hall–Kier alpha value is -1.36. The SMILES string of the molecule is CCNC(=NCCS(=O)Cc1ccccc1)NCCNC(=O)OC(C)(C)C.I. The summed E-state index contributed by atoms with van der Waals surface area (Å²) in [6.45, 7) is 9.56. The second kappa shape index (κ2) is 14.6. The smallest absolute Gasteiger partial charge is 0.407 e. The quantitative estimate of drug-likeness (QED) is 0.200. The van der Waals surface area contributed by atoms with Gasteiger partial charge in [-0.2, -0.15) is 0 Å². The summed E-state index contributed by atoms with van der Waals surface area (Å²) in [5, 5.41) is 8.94. The van der Waals surface area contributed by atoms with Crippen LogP contribution >= 0.6 is 24.0 Å². The molecule has 0 aliphatic rings. The van der Waals surface area contributed by atoms with E-state index in [4.69, 9.17) is 4.74 Å². The number of nitrogens with one attached hydrogen (secondary N) is 3. The van der Waals surface area contributed by atoms with Crippen LogP contribution in [0.2, 0.25) is 0 Å². The molecule has 3 N–H and O–H groups in total. The van der Waals surface area contributed by atoms with E-state index >= 15 is 0 Å². The molecule has 0 bridgehead atoms. The lowest BCUT2D eigenvalue weighted by atomic mass is 10.2. The Morgan fingerprint density at radius 1 is 1.11 bits per heavy atom. The van der Waals surface area contributed by atoms with E-state index in [0.29, 0.717) is 37.1 Å². The monoisotopic (exact) mass is 524 g/mol. The zero-order valence-electron chi connectivity index (χ0n) is 17.1. The van der Waals surface area contributed by atoms with Crippen LogP contribution in [-0.4, -0.2) is 53.8 Å². The van der Waals surface area contributed by atoms with E-state index in [0.717, 1.165) is 12.1 Å². The molecule has 1 aromatic rings. The Morgan fingerprint density at radius 3 is 2.36 bits per heavy atom. The van der Waals surface area contributed by atoms with Gasteiger partial charge in [0.05, 0.1) is 6.54 Å². The number of benzene rings is 1. The molecule has 0 heterocycles. The van der Waals surface area contributed by atoms with Crippen LogP contribution in [0.5, 0.6) is 0 Å². The summed E-state index contributed by atoms with van der Waals surface area (Å²) >= 11 is 0. The number of rotatable bonds is 9. The molecule has 0 aliphatic heterocycles. The molecule has 0 aliphatic carbocycles. The fourth-order valence-electron chi connectivity index (χ4n) is 2.09. The van der Waals surface area contributed by atoms with Gasteiger partial charge in [-0.3, -0.25) is 9.20 Å². The van der Waals surface area contributed by atoms with E-state index in [2.05, 4.69) is 20.9 Å². The minimum absolute atomic E-state index is 0. The highest BCUT2D eigenvalue weighted by Gasteiger charge is 2.15. The first-order valence-corrected chi connectivity index (χ1v) is 10.7. The number of carbonyl (C=O) groups excluding carboxylic acids is 1. The fraction of sp³-hybridized carbons (Fsp3) is 0.579. The van der Waals surface area contributed by atoms with Gasteiger partial charge in [0.1, 0.15) is 5.60 Å². The van der Waals surface area contributed by atoms with Crippen LogP contribution < -0.4 is 16.0 Å². The summed E-state index contributed by atoms with van der Waals surface area (Å²) in [6, 6.07) is 9.80. The van der Waals surface area contributed by atoms with Crippen molar-refractivity contribution in [2.24, 2.45) is 4.99 Å². The summed E-state index contributed by atoms with van der Waals surface area (Å²) in [5.74, 6) is 1.68. The molecule has 0 saturated carbocycles. The van der Waals surface area contributed by atoms with Gasteiger partial charge in [0.15, 0.2) is 5.96 Å². The Balaban J connectivity index is 0.00000729. The first kappa shape index (κ1) is 26.6. The lowest BCUT2D eigenvalue weighted by Gasteiger charge is -2.19. The number of amides is 1. The second-order valence-corrected chi connectivity index (χ2v) is 8.47. The highest BCUT2D eigenvalue weighted by atomic mass is 127. The van der Waals surface area contributed by atoms with Gasteiger partial charge in [-0.1, -0.05) is 30.3 Å². The van der Waals surface area contributed by atoms with Gasteiger partial charge in [0.2, 0.25) is 0 Å². The van der Waals surface area contributed by atoms with Crippen molar-refractivity contribution in [2.45, 2.75) is 39.0 Å². The lowest BCUT2D eigenvalue weighted by molar-refractivity contribution is 0.0529. The van der Waals surface area contributed by atoms with E-state index in [-0.39, 0.29) is 24.0 Å².